The summed E-state index contributed by atoms with van der Waals surface area (Å²) < 4.78 is 25.1. The molecule has 0 atom stereocenters. The van der Waals surface area contributed by atoms with Crippen LogP contribution in [-0.2, 0) is 16.4 Å². The van der Waals surface area contributed by atoms with E-state index in [1.54, 1.807) is 16.8 Å². The molecule has 2 aromatic heterocycles. The molecule has 0 aliphatic carbocycles. The van der Waals surface area contributed by atoms with Gasteiger partial charge in [0.25, 0.3) is 5.91 Å². The van der Waals surface area contributed by atoms with Crippen LogP contribution in [0.15, 0.2) is 54.9 Å². The van der Waals surface area contributed by atoms with E-state index in [9.17, 15) is 13.2 Å². The zero-order valence-corrected chi connectivity index (χ0v) is 15.5. The highest BCUT2D eigenvalue weighted by atomic mass is 32.2. The minimum atomic E-state index is -2.97. The summed E-state index contributed by atoms with van der Waals surface area (Å²) >= 11 is 0. The highest BCUT2D eigenvalue weighted by Gasteiger charge is 2.24. The molecule has 140 valence electrons. The monoisotopic (exact) mass is 384 g/mol. The molecule has 8 heteroatoms. The van der Waals surface area contributed by atoms with Crippen molar-refractivity contribution in [2.45, 2.75) is 6.54 Å². The van der Waals surface area contributed by atoms with Crippen molar-refractivity contribution in [1.82, 2.24) is 14.9 Å². The fourth-order valence-electron chi connectivity index (χ4n) is 3.29. The Bertz CT molecular complexity index is 1080. The van der Waals surface area contributed by atoms with E-state index in [-0.39, 0.29) is 17.4 Å². The molecule has 1 fully saturated rings. The standard InChI is InChI=1S/C19H20N4O3S/c24-19(20-13-15-14-21-23-8-4-3-6-17(15)23)16-5-1-2-7-18(16)22-9-11-27(25,26)12-10-22/h1-8,14H,9-13H2,(H,20,24). The molecular weight excluding hydrogens is 364 g/mol. The molecule has 7 nitrogen and oxygen atoms in total. The van der Waals surface area contributed by atoms with Gasteiger partial charge in [0.2, 0.25) is 0 Å². The molecule has 1 aliphatic rings. The SMILES string of the molecule is O=C(NCc1cnn2ccccc12)c1ccccc1N1CCS(=O)(=O)CC1. The van der Waals surface area contributed by atoms with Crippen molar-refractivity contribution in [3.05, 3.63) is 66.0 Å². The van der Waals surface area contributed by atoms with Gasteiger partial charge >= 0.3 is 0 Å². The van der Waals surface area contributed by atoms with E-state index in [0.717, 1.165) is 16.8 Å². The Morgan fingerprint density at radius 3 is 2.63 bits per heavy atom. The quantitative estimate of drug-likeness (QED) is 0.737. The Kier molecular flexibility index (Phi) is 4.57. The molecule has 1 saturated heterocycles. The lowest BCUT2D eigenvalue weighted by Gasteiger charge is -2.30. The Balaban J connectivity index is 1.51. The van der Waals surface area contributed by atoms with Crippen molar-refractivity contribution in [3.63, 3.8) is 0 Å². The molecule has 4 rings (SSSR count). The number of rotatable bonds is 4. The third kappa shape index (κ3) is 3.66. The van der Waals surface area contributed by atoms with Crippen LogP contribution in [0.1, 0.15) is 15.9 Å². The second-order valence-electron chi connectivity index (χ2n) is 6.54. The van der Waals surface area contributed by atoms with Gasteiger partial charge in [0.1, 0.15) is 0 Å². The molecule has 1 N–H and O–H groups in total. The van der Waals surface area contributed by atoms with Crippen LogP contribution in [0.3, 0.4) is 0 Å². The number of hydrogen-bond acceptors (Lipinski definition) is 5. The van der Waals surface area contributed by atoms with Crippen LogP contribution < -0.4 is 10.2 Å². The zero-order chi connectivity index (χ0) is 18.9. The number of para-hydroxylation sites is 1. The minimum absolute atomic E-state index is 0.116. The maximum atomic E-state index is 12.8. The molecular formula is C19H20N4O3S. The van der Waals surface area contributed by atoms with Crippen LogP contribution >= 0.6 is 0 Å². The maximum absolute atomic E-state index is 12.8. The van der Waals surface area contributed by atoms with Gasteiger partial charge in [0.15, 0.2) is 9.84 Å². The van der Waals surface area contributed by atoms with Crippen LogP contribution in [-0.4, -0.2) is 48.5 Å². The van der Waals surface area contributed by atoms with Crippen molar-refractivity contribution in [2.24, 2.45) is 0 Å². The molecule has 0 radical (unpaired) electrons. The van der Waals surface area contributed by atoms with Gasteiger partial charge in [-0.1, -0.05) is 18.2 Å². The van der Waals surface area contributed by atoms with Gasteiger partial charge in [-0.2, -0.15) is 5.10 Å². The molecule has 1 aliphatic heterocycles. The summed E-state index contributed by atoms with van der Waals surface area (Å²) in [6.45, 7) is 1.18. The first-order valence-corrected chi connectivity index (χ1v) is 10.6. The molecule has 1 amide bonds. The first kappa shape index (κ1) is 17.5. The number of aromatic nitrogens is 2. The maximum Gasteiger partial charge on any atom is 0.253 e. The summed E-state index contributed by atoms with van der Waals surface area (Å²) in [6, 6.07) is 13.1. The van der Waals surface area contributed by atoms with E-state index in [4.69, 9.17) is 0 Å². The van der Waals surface area contributed by atoms with E-state index in [0.29, 0.717) is 25.2 Å². The summed E-state index contributed by atoms with van der Waals surface area (Å²) in [7, 11) is -2.97. The van der Waals surface area contributed by atoms with Crippen LogP contribution in [0, 0.1) is 0 Å². The average molecular weight is 384 g/mol. The normalized spacial score (nSPS) is 16.4. The number of amides is 1. The highest BCUT2D eigenvalue weighted by Crippen LogP contribution is 2.22. The van der Waals surface area contributed by atoms with Crippen molar-refractivity contribution >= 4 is 26.9 Å². The summed E-state index contributed by atoms with van der Waals surface area (Å²) in [4.78, 5) is 14.7. The predicted molar refractivity (Wildman–Crippen MR) is 104 cm³/mol. The molecule has 1 aromatic carbocycles. The van der Waals surface area contributed by atoms with Crippen molar-refractivity contribution in [1.29, 1.82) is 0 Å². The van der Waals surface area contributed by atoms with Crippen LogP contribution in [0.25, 0.3) is 5.52 Å². The molecule has 3 aromatic rings. The van der Waals surface area contributed by atoms with E-state index in [1.165, 1.54) is 0 Å². The second kappa shape index (κ2) is 7.03. The number of pyridine rings is 1. The van der Waals surface area contributed by atoms with Crippen molar-refractivity contribution in [3.8, 4) is 0 Å². The predicted octanol–water partition coefficient (Wildman–Crippen LogP) is 1.50. The second-order valence-corrected chi connectivity index (χ2v) is 8.84. The fraction of sp³-hybridized carbons (Fsp3) is 0.263. The van der Waals surface area contributed by atoms with Gasteiger partial charge in [-0.05, 0) is 24.3 Å². The van der Waals surface area contributed by atoms with E-state index in [1.807, 2.05) is 47.5 Å². The Morgan fingerprint density at radius 2 is 1.81 bits per heavy atom. The number of fused-ring (bicyclic) bond motifs is 1. The molecule has 27 heavy (non-hydrogen) atoms. The topological polar surface area (TPSA) is 83.8 Å². The van der Waals surface area contributed by atoms with Gasteiger partial charge in [0.05, 0.1) is 28.8 Å². The molecule has 0 saturated carbocycles. The summed E-state index contributed by atoms with van der Waals surface area (Å²) in [5, 5.41) is 7.23. The highest BCUT2D eigenvalue weighted by molar-refractivity contribution is 7.91. The van der Waals surface area contributed by atoms with Crippen molar-refractivity contribution in [2.75, 3.05) is 29.5 Å². The first-order valence-electron chi connectivity index (χ1n) is 8.77. The number of sulfone groups is 1. The smallest absolute Gasteiger partial charge is 0.253 e. The lowest BCUT2D eigenvalue weighted by Crippen LogP contribution is -2.41. The Labute approximate surface area is 157 Å². The van der Waals surface area contributed by atoms with E-state index in [2.05, 4.69) is 10.4 Å². The summed E-state index contributed by atoms with van der Waals surface area (Å²) in [5.41, 5.74) is 3.20. The fourth-order valence-corrected chi connectivity index (χ4v) is 4.49. The Hall–Kier alpha value is -2.87. The average Bonchev–Trinajstić information content (AvgIpc) is 3.09. The van der Waals surface area contributed by atoms with Gasteiger partial charge in [-0.3, -0.25) is 4.79 Å². The molecule has 3 heterocycles. The third-order valence-corrected chi connectivity index (χ3v) is 6.39. The lowest BCUT2D eigenvalue weighted by atomic mass is 10.1. The largest absolute Gasteiger partial charge is 0.369 e. The van der Waals surface area contributed by atoms with E-state index >= 15 is 0 Å². The van der Waals surface area contributed by atoms with Gasteiger partial charge in [-0.15, -0.1) is 0 Å². The first-order chi connectivity index (χ1) is 13.0. The number of carbonyl (C=O) groups excluding carboxylic acids is 1. The summed E-state index contributed by atoms with van der Waals surface area (Å²) in [6.07, 6.45) is 3.61. The number of hydrogen-bond donors (Lipinski definition) is 1. The number of benzene rings is 1. The number of carbonyl (C=O) groups is 1. The molecule has 0 unspecified atom stereocenters. The number of nitrogens with zero attached hydrogens (tertiary/aromatic N) is 3. The van der Waals surface area contributed by atoms with Crippen LogP contribution in [0.4, 0.5) is 5.69 Å². The van der Waals surface area contributed by atoms with Crippen LogP contribution in [0.2, 0.25) is 0 Å². The zero-order valence-electron chi connectivity index (χ0n) is 14.7. The van der Waals surface area contributed by atoms with Crippen molar-refractivity contribution < 1.29 is 13.2 Å². The third-order valence-electron chi connectivity index (χ3n) is 4.78. The number of nitrogens with one attached hydrogen (secondary N) is 1. The van der Waals surface area contributed by atoms with Gasteiger partial charge < -0.3 is 10.2 Å². The lowest BCUT2D eigenvalue weighted by molar-refractivity contribution is 0.0951. The summed E-state index contributed by atoms with van der Waals surface area (Å²) in [5.74, 6) is 0.0470. The van der Waals surface area contributed by atoms with E-state index < -0.39 is 9.84 Å². The van der Waals surface area contributed by atoms with Crippen LogP contribution in [0.5, 0.6) is 0 Å². The Morgan fingerprint density at radius 1 is 1.07 bits per heavy atom. The molecule has 0 bridgehead atoms. The van der Waals surface area contributed by atoms with Gasteiger partial charge in [0, 0.05) is 37.1 Å². The van der Waals surface area contributed by atoms with Gasteiger partial charge in [-0.25, -0.2) is 12.9 Å². The number of anilines is 1. The minimum Gasteiger partial charge on any atom is -0.369 e. The molecule has 0 spiro atoms.